The highest BCUT2D eigenvalue weighted by Crippen LogP contribution is 2.29. The van der Waals surface area contributed by atoms with Crippen molar-refractivity contribution in [1.29, 1.82) is 0 Å². The van der Waals surface area contributed by atoms with Crippen molar-refractivity contribution in [3.63, 3.8) is 0 Å². The number of carbonyl (C=O) groups is 3. The second kappa shape index (κ2) is 8.43. The first kappa shape index (κ1) is 19.1. The number of amides is 4. The number of pyridine rings is 1. The SMILES string of the molecule is O=C(NCc1ccccn1)c1ccc(CN2C(=O)NC3CCCCC3C2=O)cc1. The number of hydrogen-bond acceptors (Lipinski definition) is 4. The minimum absolute atomic E-state index is 0.0230. The highest BCUT2D eigenvalue weighted by Gasteiger charge is 2.41. The predicted octanol–water partition coefficient (Wildman–Crippen LogP) is 2.62. The molecule has 1 aliphatic heterocycles. The van der Waals surface area contributed by atoms with E-state index in [1.165, 1.54) is 4.90 Å². The van der Waals surface area contributed by atoms with Crippen molar-refractivity contribution in [2.45, 2.75) is 44.8 Å². The average molecular weight is 392 g/mol. The van der Waals surface area contributed by atoms with Crippen LogP contribution in [0.4, 0.5) is 4.79 Å². The zero-order valence-corrected chi connectivity index (χ0v) is 16.1. The summed E-state index contributed by atoms with van der Waals surface area (Å²) in [7, 11) is 0. The molecule has 1 saturated carbocycles. The smallest absolute Gasteiger partial charge is 0.324 e. The van der Waals surface area contributed by atoms with E-state index in [0.29, 0.717) is 12.1 Å². The largest absolute Gasteiger partial charge is 0.346 e. The van der Waals surface area contributed by atoms with Gasteiger partial charge in [-0.15, -0.1) is 0 Å². The van der Waals surface area contributed by atoms with Crippen LogP contribution in [-0.4, -0.2) is 33.8 Å². The van der Waals surface area contributed by atoms with Gasteiger partial charge in [0.1, 0.15) is 0 Å². The highest BCUT2D eigenvalue weighted by atomic mass is 16.2. The minimum Gasteiger partial charge on any atom is -0.346 e. The number of imide groups is 1. The number of urea groups is 1. The molecule has 2 aliphatic rings. The molecule has 1 aromatic heterocycles. The van der Waals surface area contributed by atoms with Crippen LogP contribution in [0.3, 0.4) is 0 Å². The lowest BCUT2D eigenvalue weighted by molar-refractivity contribution is -0.137. The molecular weight excluding hydrogens is 368 g/mol. The summed E-state index contributed by atoms with van der Waals surface area (Å²) in [5.74, 6) is -0.396. The summed E-state index contributed by atoms with van der Waals surface area (Å²) in [5.41, 5.74) is 2.11. The number of rotatable bonds is 5. The van der Waals surface area contributed by atoms with Gasteiger partial charge >= 0.3 is 6.03 Å². The molecule has 150 valence electrons. The van der Waals surface area contributed by atoms with E-state index >= 15 is 0 Å². The van der Waals surface area contributed by atoms with Gasteiger partial charge in [-0.1, -0.05) is 31.0 Å². The second-order valence-electron chi connectivity index (χ2n) is 7.57. The van der Waals surface area contributed by atoms with Crippen LogP contribution in [0.25, 0.3) is 0 Å². The number of hydrogen-bond donors (Lipinski definition) is 2. The zero-order valence-electron chi connectivity index (χ0n) is 16.1. The summed E-state index contributed by atoms with van der Waals surface area (Å²) >= 11 is 0. The fourth-order valence-electron chi connectivity index (χ4n) is 4.01. The van der Waals surface area contributed by atoms with Crippen LogP contribution in [0, 0.1) is 5.92 Å². The van der Waals surface area contributed by atoms with E-state index in [-0.39, 0.29) is 36.3 Å². The zero-order chi connectivity index (χ0) is 20.2. The molecule has 2 N–H and O–H groups in total. The van der Waals surface area contributed by atoms with Crippen LogP contribution in [0.2, 0.25) is 0 Å². The van der Waals surface area contributed by atoms with Crippen molar-refractivity contribution in [2.24, 2.45) is 5.92 Å². The summed E-state index contributed by atoms with van der Waals surface area (Å²) in [6, 6.07) is 12.2. The lowest BCUT2D eigenvalue weighted by Gasteiger charge is -2.40. The van der Waals surface area contributed by atoms with Gasteiger partial charge in [0.05, 0.1) is 24.7 Å². The molecule has 7 nitrogen and oxygen atoms in total. The average Bonchev–Trinajstić information content (AvgIpc) is 2.76. The Labute approximate surface area is 169 Å². The molecule has 0 spiro atoms. The predicted molar refractivity (Wildman–Crippen MR) is 107 cm³/mol. The molecule has 0 bridgehead atoms. The first-order valence-corrected chi connectivity index (χ1v) is 10.0. The maximum absolute atomic E-state index is 12.8. The molecule has 4 amide bonds. The van der Waals surface area contributed by atoms with E-state index < -0.39 is 0 Å². The summed E-state index contributed by atoms with van der Waals surface area (Å²) in [6.07, 6.45) is 5.47. The Morgan fingerprint density at radius 2 is 1.90 bits per heavy atom. The molecule has 1 aliphatic carbocycles. The Morgan fingerprint density at radius 3 is 2.66 bits per heavy atom. The standard InChI is InChI=1S/C22H24N4O3/c27-20(24-13-17-5-3-4-12-23-17)16-10-8-15(9-11-16)14-26-21(28)18-6-1-2-7-19(18)25-22(26)29/h3-5,8-12,18-19H,1-2,6-7,13-14H2,(H,24,27)(H,25,29). The number of nitrogens with zero attached hydrogens (tertiary/aromatic N) is 2. The van der Waals surface area contributed by atoms with Crippen molar-refractivity contribution in [1.82, 2.24) is 20.5 Å². The van der Waals surface area contributed by atoms with Gasteiger partial charge < -0.3 is 10.6 Å². The molecule has 2 atom stereocenters. The van der Waals surface area contributed by atoms with E-state index in [4.69, 9.17) is 0 Å². The molecule has 2 heterocycles. The van der Waals surface area contributed by atoms with Gasteiger partial charge in [-0.25, -0.2) is 4.79 Å². The van der Waals surface area contributed by atoms with Crippen molar-refractivity contribution >= 4 is 17.8 Å². The first-order chi connectivity index (χ1) is 14.1. The summed E-state index contributed by atoms with van der Waals surface area (Å²) < 4.78 is 0. The summed E-state index contributed by atoms with van der Waals surface area (Å²) in [4.78, 5) is 42.9. The van der Waals surface area contributed by atoms with Gasteiger partial charge in [0.15, 0.2) is 0 Å². The normalized spacial score (nSPS) is 21.3. The minimum atomic E-state index is -0.324. The lowest BCUT2D eigenvalue weighted by atomic mass is 9.82. The number of aromatic nitrogens is 1. The molecule has 1 saturated heterocycles. The molecule has 7 heteroatoms. The van der Waals surface area contributed by atoms with Crippen LogP contribution >= 0.6 is 0 Å². The number of benzene rings is 1. The van der Waals surface area contributed by atoms with Crippen molar-refractivity contribution < 1.29 is 14.4 Å². The van der Waals surface area contributed by atoms with Crippen LogP contribution in [0.5, 0.6) is 0 Å². The second-order valence-corrected chi connectivity index (χ2v) is 7.57. The van der Waals surface area contributed by atoms with Gasteiger partial charge in [-0.2, -0.15) is 0 Å². The Bertz CT molecular complexity index is 898. The monoisotopic (exact) mass is 392 g/mol. The van der Waals surface area contributed by atoms with E-state index in [0.717, 1.165) is 36.9 Å². The van der Waals surface area contributed by atoms with Crippen LogP contribution in [0.1, 0.15) is 47.3 Å². The summed E-state index contributed by atoms with van der Waals surface area (Å²) in [5, 5.41) is 5.81. The molecule has 2 aromatic rings. The lowest BCUT2D eigenvalue weighted by Crippen LogP contribution is -2.60. The molecule has 0 radical (unpaired) electrons. The molecule has 4 rings (SSSR count). The van der Waals surface area contributed by atoms with E-state index in [9.17, 15) is 14.4 Å². The Hall–Kier alpha value is -3.22. The fraction of sp³-hybridized carbons (Fsp3) is 0.364. The van der Waals surface area contributed by atoms with Crippen LogP contribution in [0.15, 0.2) is 48.7 Å². The van der Waals surface area contributed by atoms with E-state index in [1.807, 2.05) is 18.2 Å². The van der Waals surface area contributed by atoms with Crippen molar-refractivity contribution in [2.75, 3.05) is 0 Å². The van der Waals surface area contributed by atoms with Gasteiger partial charge in [-0.05, 0) is 42.7 Å². The fourth-order valence-corrected chi connectivity index (χ4v) is 4.01. The van der Waals surface area contributed by atoms with Gasteiger partial charge in [0.2, 0.25) is 5.91 Å². The third-order valence-electron chi connectivity index (χ3n) is 5.62. The molecule has 2 fully saturated rings. The third-order valence-corrected chi connectivity index (χ3v) is 5.62. The quantitative estimate of drug-likeness (QED) is 0.818. The van der Waals surface area contributed by atoms with Crippen LogP contribution < -0.4 is 10.6 Å². The molecule has 1 aromatic carbocycles. The molecule has 29 heavy (non-hydrogen) atoms. The third kappa shape index (κ3) is 4.29. The maximum atomic E-state index is 12.8. The Kier molecular flexibility index (Phi) is 5.55. The van der Waals surface area contributed by atoms with Gasteiger partial charge in [0.25, 0.3) is 5.91 Å². The van der Waals surface area contributed by atoms with Crippen molar-refractivity contribution in [3.05, 3.63) is 65.5 Å². The van der Waals surface area contributed by atoms with Crippen LogP contribution in [-0.2, 0) is 17.9 Å². The number of carbonyl (C=O) groups excluding carboxylic acids is 3. The first-order valence-electron chi connectivity index (χ1n) is 10.0. The highest BCUT2D eigenvalue weighted by molar-refractivity contribution is 5.98. The Morgan fingerprint density at radius 1 is 1.10 bits per heavy atom. The van der Waals surface area contributed by atoms with Crippen molar-refractivity contribution in [3.8, 4) is 0 Å². The summed E-state index contributed by atoms with van der Waals surface area (Å²) in [6.45, 7) is 0.566. The van der Waals surface area contributed by atoms with Gasteiger partial charge in [0, 0.05) is 17.8 Å². The molecular formula is C22H24N4O3. The van der Waals surface area contributed by atoms with E-state index in [1.54, 1.807) is 30.5 Å². The molecule has 2 unspecified atom stereocenters. The van der Waals surface area contributed by atoms with E-state index in [2.05, 4.69) is 15.6 Å². The maximum Gasteiger partial charge on any atom is 0.324 e. The Balaban J connectivity index is 1.37. The number of nitrogens with one attached hydrogen (secondary N) is 2. The number of fused-ring (bicyclic) bond motifs is 1. The van der Waals surface area contributed by atoms with Gasteiger partial charge in [-0.3, -0.25) is 19.5 Å². The topological polar surface area (TPSA) is 91.4 Å².